The van der Waals surface area contributed by atoms with Gasteiger partial charge in [0.1, 0.15) is 26.3 Å². The largest absolute Gasteiger partial charge is 0.472 e. The molecule has 2 radical (unpaired) electrons. The highest BCUT2D eigenvalue weighted by atomic mass is 127. The lowest BCUT2D eigenvalue weighted by atomic mass is 9.96. The van der Waals surface area contributed by atoms with Gasteiger partial charge in [0.05, 0.1) is 18.8 Å². The Morgan fingerprint density at radius 2 is 1.91 bits per heavy atom. The van der Waals surface area contributed by atoms with Crippen molar-refractivity contribution in [1.29, 1.82) is 0 Å². The third-order valence-corrected chi connectivity index (χ3v) is 7.92. The number of phosphoric acid groups is 1. The van der Waals surface area contributed by atoms with Crippen molar-refractivity contribution >= 4 is 56.8 Å². The van der Waals surface area contributed by atoms with Crippen LogP contribution in [0.25, 0.3) is 0 Å². The number of halogens is 1. The normalized spacial score (nSPS) is 31.6. The van der Waals surface area contributed by atoms with Gasteiger partial charge >= 0.3 is 20.2 Å². The summed E-state index contributed by atoms with van der Waals surface area (Å²) in [5, 5.41) is 0. The molecule has 4 N–H and O–H groups in total. The summed E-state index contributed by atoms with van der Waals surface area (Å²) in [5.74, 6) is 0. The van der Waals surface area contributed by atoms with Gasteiger partial charge in [0.25, 0.3) is 5.56 Å². The number of aryl methyl sites for hydroxylation is 1. The molecule has 18 heteroatoms. The fourth-order valence-electron chi connectivity index (χ4n) is 3.67. The van der Waals surface area contributed by atoms with Crippen LogP contribution in [0.2, 0.25) is 0 Å². The first-order chi connectivity index (χ1) is 15.8. The van der Waals surface area contributed by atoms with Crippen molar-refractivity contribution in [3.63, 3.8) is 0 Å². The van der Waals surface area contributed by atoms with Gasteiger partial charge < -0.3 is 28.7 Å². The van der Waals surface area contributed by atoms with Gasteiger partial charge in [-0.25, -0.2) is 9.36 Å². The van der Waals surface area contributed by atoms with Crippen LogP contribution in [0.3, 0.4) is 0 Å². The Morgan fingerprint density at radius 3 is 2.53 bits per heavy atom. The van der Waals surface area contributed by atoms with Crippen molar-refractivity contribution in [2.45, 2.75) is 62.8 Å². The van der Waals surface area contributed by atoms with Crippen LogP contribution in [0.4, 0.5) is 0 Å². The highest BCUT2D eigenvalue weighted by Gasteiger charge is 2.43. The molecule has 0 aromatic carbocycles. The quantitative estimate of drug-likeness (QED) is 0.117. The molecule has 3 rings (SSSR count). The standard InChI is InChI=1S/C16H24BIN2O11P2S/c1-2-8-6-20(16(22)19-15(8)21)14-4-10(11(5-18)29-14)30-32(23,24)27-7-12-9(3-13(17)28-12)31-33(25,26)34/h6,9-14H,2-5,7H2,1H3,(H,23,24)(H,19,21,22)(H2,25,26,34). The molecule has 2 saturated heterocycles. The maximum absolute atomic E-state index is 12.6. The molecule has 0 saturated carbocycles. The Hall–Kier alpha value is 0.0349. The summed E-state index contributed by atoms with van der Waals surface area (Å²) >= 11 is 6.47. The van der Waals surface area contributed by atoms with E-state index in [9.17, 15) is 28.8 Å². The second-order valence-corrected chi connectivity index (χ2v) is 12.6. The van der Waals surface area contributed by atoms with E-state index >= 15 is 0 Å². The minimum absolute atomic E-state index is 0.0468. The summed E-state index contributed by atoms with van der Waals surface area (Å²) in [6.45, 7) is -2.74. The van der Waals surface area contributed by atoms with Crippen LogP contribution in [-0.2, 0) is 45.8 Å². The molecule has 0 bridgehead atoms. The van der Waals surface area contributed by atoms with Crippen LogP contribution >= 0.6 is 37.1 Å². The molecule has 13 nitrogen and oxygen atoms in total. The Kier molecular flexibility index (Phi) is 9.77. The van der Waals surface area contributed by atoms with Gasteiger partial charge in [-0.15, -0.1) is 0 Å². The molecule has 0 amide bonds. The number of H-pyrrole nitrogens is 1. The van der Waals surface area contributed by atoms with Crippen LogP contribution in [0.15, 0.2) is 15.8 Å². The van der Waals surface area contributed by atoms with Gasteiger partial charge in [0.2, 0.25) is 0 Å². The highest BCUT2D eigenvalue weighted by molar-refractivity contribution is 14.1. The molecule has 34 heavy (non-hydrogen) atoms. The van der Waals surface area contributed by atoms with E-state index in [-0.39, 0.29) is 12.8 Å². The van der Waals surface area contributed by atoms with Crippen molar-refractivity contribution in [3.05, 3.63) is 32.6 Å². The molecule has 0 spiro atoms. The van der Waals surface area contributed by atoms with E-state index in [2.05, 4.69) is 16.8 Å². The smallest absolute Gasteiger partial charge is 0.380 e. The molecule has 2 aliphatic rings. The van der Waals surface area contributed by atoms with E-state index in [1.807, 2.05) is 22.6 Å². The lowest BCUT2D eigenvalue weighted by Gasteiger charge is -2.23. The van der Waals surface area contributed by atoms with E-state index in [0.717, 1.165) is 0 Å². The van der Waals surface area contributed by atoms with Gasteiger partial charge in [-0.3, -0.25) is 23.4 Å². The van der Waals surface area contributed by atoms with E-state index in [1.165, 1.54) is 10.8 Å². The summed E-state index contributed by atoms with van der Waals surface area (Å²) in [7, 11) is 1.04. The molecule has 1 aromatic rings. The molecule has 2 fully saturated rings. The van der Waals surface area contributed by atoms with E-state index in [0.29, 0.717) is 16.4 Å². The molecule has 7 atom stereocenters. The maximum Gasteiger partial charge on any atom is 0.472 e. The Morgan fingerprint density at radius 1 is 1.24 bits per heavy atom. The molecule has 190 valence electrons. The molecule has 3 heterocycles. The number of hydrogen-bond acceptors (Lipinski definition) is 9. The van der Waals surface area contributed by atoms with Crippen molar-refractivity contribution in [2.75, 3.05) is 11.0 Å². The monoisotopic (exact) mass is 652 g/mol. The Balaban J connectivity index is 1.66. The molecular weight excluding hydrogens is 628 g/mol. The fraction of sp³-hybridized carbons (Fsp3) is 0.750. The average Bonchev–Trinajstić information content (AvgIpc) is 3.27. The predicted molar refractivity (Wildman–Crippen MR) is 131 cm³/mol. The zero-order valence-electron chi connectivity index (χ0n) is 17.9. The number of phosphoric ester groups is 1. The number of alkyl halides is 1. The molecule has 2 aliphatic heterocycles. The van der Waals surface area contributed by atoms with Gasteiger partial charge in [0.15, 0.2) is 0 Å². The van der Waals surface area contributed by atoms with Crippen molar-refractivity contribution < 1.29 is 42.3 Å². The van der Waals surface area contributed by atoms with Crippen LogP contribution in [0.5, 0.6) is 0 Å². The van der Waals surface area contributed by atoms with Gasteiger partial charge in [-0.05, 0) is 24.6 Å². The number of ether oxygens (including phenoxy) is 2. The van der Waals surface area contributed by atoms with Crippen LogP contribution in [-0.4, -0.2) is 73.5 Å². The summed E-state index contributed by atoms with van der Waals surface area (Å²) in [6, 6.07) is -0.810. The van der Waals surface area contributed by atoms with Crippen LogP contribution in [0.1, 0.15) is 31.6 Å². The third-order valence-electron chi connectivity index (χ3n) is 5.24. The van der Waals surface area contributed by atoms with Gasteiger partial charge in [-0.1, -0.05) is 29.5 Å². The molecule has 1 aromatic heterocycles. The minimum Gasteiger partial charge on any atom is -0.380 e. The summed E-state index contributed by atoms with van der Waals surface area (Å²) < 4.78 is 40.7. The topological polar surface area (TPSA) is 179 Å². The predicted octanol–water partition coefficient (Wildman–Crippen LogP) is 0.201. The summed E-state index contributed by atoms with van der Waals surface area (Å²) in [4.78, 5) is 55.3. The van der Waals surface area contributed by atoms with Crippen molar-refractivity contribution in [1.82, 2.24) is 9.55 Å². The molecular formula is C16H24BIN2O11P2S. The number of aromatic amines is 1. The minimum atomic E-state index is -4.64. The molecule has 0 aliphatic carbocycles. The third kappa shape index (κ3) is 7.52. The first kappa shape index (κ1) is 28.6. The number of aromatic nitrogens is 2. The number of nitrogens with zero attached hydrogens (tertiary/aromatic N) is 1. The van der Waals surface area contributed by atoms with Crippen molar-refractivity contribution in [3.8, 4) is 0 Å². The second-order valence-electron chi connectivity index (χ2n) is 7.68. The van der Waals surface area contributed by atoms with Crippen LogP contribution in [0, 0.1) is 0 Å². The van der Waals surface area contributed by atoms with E-state index in [1.54, 1.807) is 6.92 Å². The Bertz CT molecular complexity index is 1080. The highest BCUT2D eigenvalue weighted by Crippen LogP contribution is 2.49. The van der Waals surface area contributed by atoms with Crippen LogP contribution < -0.4 is 11.2 Å². The average molecular weight is 652 g/mol. The second kappa shape index (κ2) is 11.6. The van der Waals surface area contributed by atoms with E-state index in [4.69, 9.17) is 30.9 Å². The lowest BCUT2D eigenvalue weighted by molar-refractivity contribution is -0.0192. The summed E-state index contributed by atoms with van der Waals surface area (Å²) in [6.07, 6.45) is -2.38. The molecule has 7 unspecified atom stereocenters. The van der Waals surface area contributed by atoms with Crippen molar-refractivity contribution in [2.24, 2.45) is 0 Å². The summed E-state index contributed by atoms with van der Waals surface area (Å²) in [5.41, 5.74) is -0.766. The van der Waals surface area contributed by atoms with Gasteiger partial charge in [0, 0.05) is 28.6 Å². The lowest BCUT2D eigenvalue weighted by Crippen LogP contribution is -2.34. The zero-order chi connectivity index (χ0) is 25.3. The van der Waals surface area contributed by atoms with Gasteiger partial charge in [-0.2, -0.15) is 0 Å². The maximum atomic E-state index is 12.6. The Labute approximate surface area is 214 Å². The SMILES string of the molecule is [B]C1CC(OP(O)(O)=S)C(COP(=O)(O)OC2CC(n3cc(CC)c(=O)[nH]c3=O)OC2CI)O1. The number of hydrogen-bond donors (Lipinski definition) is 4. The first-order valence-electron chi connectivity index (χ1n) is 10.2. The fourth-order valence-corrected chi connectivity index (χ4v) is 6.31. The first-order valence-corrected chi connectivity index (χ1v) is 15.8. The number of rotatable bonds is 10. The van der Waals surface area contributed by atoms with E-state index < -0.39 is 69.0 Å². The number of nitrogens with one attached hydrogen (secondary N) is 1. The zero-order valence-corrected chi connectivity index (χ0v) is 22.7.